The standard InChI is InChI=1S/C14H16FNO5/c1-19-11-7(3-2-4-8(11)15)14(18)16-9-5-20-13-10(17)6-21-12(9)13/h2-4,9-10,12-13,17H,5-6H2,1H3,(H,16,18)/t9-,10-,12-,13-/m1/s1. The average molecular weight is 297 g/mol. The van der Waals surface area contributed by atoms with Gasteiger partial charge >= 0.3 is 0 Å². The second-order valence-corrected chi connectivity index (χ2v) is 5.06. The summed E-state index contributed by atoms with van der Waals surface area (Å²) in [6.07, 6.45) is -1.49. The van der Waals surface area contributed by atoms with E-state index in [-0.39, 0.29) is 36.7 Å². The zero-order chi connectivity index (χ0) is 15.0. The number of rotatable bonds is 3. The Morgan fingerprint density at radius 3 is 2.90 bits per heavy atom. The SMILES string of the molecule is COc1c(F)cccc1C(=O)N[C@@H]1CO[C@H]2[C@@H]1OC[C@H]2O. The van der Waals surface area contributed by atoms with Gasteiger partial charge in [-0.25, -0.2) is 4.39 Å². The highest BCUT2D eigenvalue weighted by Crippen LogP contribution is 2.28. The first-order chi connectivity index (χ1) is 10.1. The molecule has 114 valence electrons. The minimum Gasteiger partial charge on any atom is -0.493 e. The summed E-state index contributed by atoms with van der Waals surface area (Å²) in [5, 5.41) is 12.4. The fourth-order valence-corrected chi connectivity index (χ4v) is 2.74. The summed E-state index contributed by atoms with van der Waals surface area (Å²) in [6.45, 7) is 0.431. The first-order valence-corrected chi connectivity index (χ1v) is 6.66. The van der Waals surface area contributed by atoms with Gasteiger partial charge in [0.05, 0.1) is 31.9 Å². The molecule has 0 aliphatic carbocycles. The Labute approximate surface area is 120 Å². The van der Waals surface area contributed by atoms with Crippen molar-refractivity contribution in [3.05, 3.63) is 29.6 Å². The van der Waals surface area contributed by atoms with Gasteiger partial charge in [-0.15, -0.1) is 0 Å². The molecule has 0 radical (unpaired) electrons. The highest BCUT2D eigenvalue weighted by molar-refractivity contribution is 5.97. The molecule has 2 saturated heterocycles. The quantitative estimate of drug-likeness (QED) is 0.827. The average Bonchev–Trinajstić information content (AvgIpc) is 3.03. The van der Waals surface area contributed by atoms with Crippen molar-refractivity contribution in [3.8, 4) is 5.75 Å². The minimum atomic E-state index is -0.680. The van der Waals surface area contributed by atoms with E-state index in [2.05, 4.69) is 5.32 Å². The Hall–Kier alpha value is -1.70. The Bertz CT molecular complexity index is 552. The van der Waals surface area contributed by atoms with Crippen molar-refractivity contribution in [2.45, 2.75) is 24.4 Å². The molecule has 2 heterocycles. The molecule has 1 aromatic rings. The van der Waals surface area contributed by atoms with Gasteiger partial charge in [-0.1, -0.05) is 6.07 Å². The van der Waals surface area contributed by atoms with Crippen LogP contribution in [-0.2, 0) is 9.47 Å². The number of fused-ring (bicyclic) bond motifs is 1. The molecule has 1 amide bonds. The molecule has 0 spiro atoms. The van der Waals surface area contributed by atoms with E-state index in [0.29, 0.717) is 0 Å². The van der Waals surface area contributed by atoms with Crippen LogP contribution >= 0.6 is 0 Å². The van der Waals surface area contributed by atoms with Crippen molar-refractivity contribution < 1.29 is 28.5 Å². The zero-order valence-electron chi connectivity index (χ0n) is 11.4. The van der Waals surface area contributed by atoms with Crippen molar-refractivity contribution in [1.82, 2.24) is 5.32 Å². The van der Waals surface area contributed by atoms with E-state index in [1.807, 2.05) is 0 Å². The normalized spacial score (nSPS) is 31.0. The number of methoxy groups -OCH3 is 1. The predicted molar refractivity (Wildman–Crippen MR) is 69.7 cm³/mol. The molecular formula is C14H16FNO5. The Morgan fingerprint density at radius 2 is 2.14 bits per heavy atom. The maximum Gasteiger partial charge on any atom is 0.255 e. The van der Waals surface area contributed by atoms with Crippen molar-refractivity contribution in [2.24, 2.45) is 0 Å². The first kappa shape index (κ1) is 14.2. The van der Waals surface area contributed by atoms with E-state index >= 15 is 0 Å². The summed E-state index contributed by atoms with van der Waals surface area (Å²) < 4.78 is 29.4. The molecule has 0 bridgehead atoms. The number of carbonyl (C=O) groups is 1. The second kappa shape index (κ2) is 5.59. The molecule has 2 aliphatic heterocycles. The zero-order valence-corrected chi connectivity index (χ0v) is 11.4. The van der Waals surface area contributed by atoms with Crippen LogP contribution < -0.4 is 10.1 Å². The summed E-state index contributed by atoms with van der Waals surface area (Å²) >= 11 is 0. The number of benzene rings is 1. The number of carbonyl (C=O) groups excluding carboxylic acids is 1. The summed E-state index contributed by atoms with van der Waals surface area (Å²) in [7, 11) is 1.31. The number of amides is 1. The monoisotopic (exact) mass is 297 g/mol. The highest BCUT2D eigenvalue weighted by Gasteiger charge is 2.47. The number of aliphatic hydroxyl groups excluding tert-OH is 1. The van der Waals surface area contributed by atoms with Gasteiger partial charge in [0.2, 0.25) is 0 Å². The number of ether oxygens (including phenoxy) is 3. The number of para-hydroxylation sites is 1. The molecule has 3 rings (SSSR count). The number of nitrogens with one attached hydrogen (secondary N) is 1. The fraction of sp³-hybridized carbons (Fsp3) is 0.500. The van der Waals surface area contributed by atoms with Gasteiger partial charge in [0.25, 0.3) is 5.91 Å². The third kappa shape index (κ3) is 2.48. The molecule has 0 aromatic heterocycles. The molecule has 1 aromatic carbocycles. The van der Waals surface area contributed by atoms with E-state index < -0.39 is 23.9 Å². The third-order valence-corrected chi connectivity index (χ3v) is 3.76. The van der Waals surface area contributed by atoms with Crippen LogP contribution in [0.3, 0.4) is 0 Å². The van der Waals surface area contributed by atoms with Crippen molar-refractivity contribution in [3.63, 3.8) is 0 Å². The van der Waals surface area contributed by atoms with Crippen LogP contribution in [0, 0.1) is 5.82 Å². The lowest BCUT2D eigenvalue weighted by Crippen LogP contribution is -2.44. The topological polar surface area (TPSA) is 77.0 Å². The van der Waals surface area contributed by atoms with Crippen molar-refractivity contribution in [2.75, 3.05) is 20.3 Å². The van der Waals surface area contributed by atoms with Gasteiger partial charge in [-0.05, 0) is 12.1 Å². The maximum absolute atomic E-state index is 13.6. The summed E-state index contributed by atoms with van der Waals surface area (Å²) in [5.41, 5.74) is 0.111. The molecule has 4 atom stereocenters. The summed E-state index contributed by atoms with van der Waals surface area (Å²) in [5.74, 6) is -1.17. The summed E-state index contributed by atoms with van der Waals surface area (Å²) in [6, 6.07) is 3.76. The molecule has 2 fully saturated rings. The molecule has 0 unspecified atom stereocenters. The predicted octanol–water partition coefficient (Wildman–Crippen LogP) is 0.0912. The smallest absolute Gasteiger partial charge is 0.255 e. The van der Waals surface area contributed by atoms with Crippen LogP contribution in [0.15, 0.2) is 18.2 Å². The molecule has 0 saturated carbocycles. The Kier molecular flexibility index (Phi) is 3.79. The second-order valence-electron chi connectivity index (χ2n) is 5.06. The van der Waals surface area contributed by atoms with Crippen LogP contribution in [-0.4, -0.2) is 55.7 Å². The van der Waals surface area contributed by atoms with Gasteiger partial charge in [0.1, 0.15) is 18.3 Å². The number of hydrogen-bond acceptors (Lipinski definition) is 5. The van der Waals surface area contributed by atoms with E-state index in [0.717, 1.165) is 0 Å². The molecule has 6 nitrogen and oxygen atoms in total. The molecule has 2 aliphatic rings. The highest BCUT2D eigenvalue weighted by atomic mass is 19.1. The van der Waals surface area contributed by atoms with Gasteiger partial charge < -0.3 is 24.6 Å². The van der Waals surface area contributed by atoms with Gasteiger partial charge in [0, 0.05) is 0 Å². The van der Waals surface area contributed by atoms with Gasteiger partial charge in [-0.2, -0.15) is 0 Å². The molecule has 2 N–H and O–H groups in total. The lowest BCUT2D eigenvalue weighted by Gasteiger charge is -2.18. The van der Waals surface area contributed by atoms with Crippen molar-refractivity contribution >= 4 is 5.91 Å². The van der Waals surface area contributed by atoms with Gasteiger partial charge in [-0.3, -0.25) is 4.79 Å². The van der Waals surface area contributed by atoms with Crippen LogP contribution in [0.2, 0.25) is 0 Å². The molecule has 7 heteroatoms. The maximum atomic E-state index is 13.6. The van der Waals surface area contributed by atoms with E-state index in [9.17, 15) is 14.3 Å². The Balaban J connectivity index is 1.74. The van der Waals surface area contributed by atoms with E-state index in [1.165, 1.54) is 25.3 Å². The van der Waals surface area contributed by atoms with Crippen LogP contribution in [0.4, 0.5) is 4.39 Å². The van der Waals surface area contributed by atoms with Crippen molar-refractivity contribution in [1.29, 1.82) is 0 Å². The lowest BCUT2D eigenvalue weighted by atomic mass is 10.1. The van der Waals surface area contributed by atoms with Crippen LogP contribution in [0.1, 0.15) is 10.4 Å². The van der Waals surface area contributed by atoms with Crippen LogP contribution in [0.25, 0.3) is 0 Å². The first-order valence-electron chi connectivity index (χ1n) is 6.66. The molecular weight excluding hydrogens is 281 g/mol. The minimum absolute atomic E-state index is 0.0992. The summed E-state index contributed by atoms with van der Waals surface area (Å²) in [4.78, 5) is 12.3. The van der Waals surface area contributed by atoms with E-state index in [4.69, 9.17) is 14.2 Å². The largest absolute Gasteiger partial charge is 0.493 e. The third-order valence-electron chi connectivity index (χ3n) is 3.76. The fourth-order valence-electron chi connectivity index (χ4n) is 2.74. The number of halogens is 1. The molecule has 21 heavy (non-hydrogen) atoms. The number of hydrogen-bond donors (Lipinski definition) is 2. The lowest BCUT2D eigenvalue weighted by molar-refractivity contribution is 0.0178. The van der Waals surface area contributed by atoms with Gasteiger partial charge in [0.15, 0.2) is 11.6 Å². The Morgan fingerprint density at radius 1 is 1.38 bits per heavy atom. The van der Waals surface area contributed by atoms with Crippen LogP contribution in [0.5, 0.6) is 5.75 Å². The van der Waals surface area contributed by atoms with E-state index in [1.54, 1.807) is 0 Å². The number of aliphatic hydroxyl groups is 1.